The van der Waals surface area contributed by atoms with Crippen molar-refractivity contribution in [1.82, 2.24) is 9.03 Å². The van der Waals surface area contributed by atoms with Crippen LogP contribution in [0.25, 0.3) is 0 Å². The first kappa shape index (κ1) is 14.5. The molecule has 0 spiro atoms. The lowest BCUT2D eigenvalue weighted by Gasteiger charge is -2.23. The van der Waals surface area contributed by atoms with Crippen molar-refractivity contribution >= 4 is 10.2 Å². The first-order chi connectivity index (χ1) is 8.10. The molecule has 1 aliphatic rings. The van der Waals surface area contributed by atoms with Gasteiger partial charge in [0.2, 0.25) is 0 Å². The van der Waals surface area contributed by atoms with Crippen molar-refractivity contribution < 1.29 is 8.42 Å². The molecule has 0 aromatic carbocycles. The van der Waals surface area contributed by atoms with Gasteiger partial charge >= 0.3 is 0 Å². The molecule has 1 fully saturated rings. The highest BCUT2D eigenvalue weighted by atomic mass is 32.2. The second-order valence-corrected chi connectivity index (χ2v) is 6.15. The second kappa shape index (κ2) is 7.00. The third kappa shape index (κ3) is 4.66. The van der Waals surface area contributed by atoms with Gasteiger partial charge in [-0.25, -0.2) is 0 Å². The zero-order valence-electron chi connectivity index (χ0n) is 10.5. The molecule has 0 bridgehead atoms. The minimum absolute atomic E-state index is 0.145. The number of hydrogen-bond acceptors (Lipinski definition) is 2. The topological polar surface area (TPSA) is 49.4 Å². The fourth-order valence-electron chi connectivity index (χ4n) is 1.98. The van der Waals surface area contributed by atoms with E-state index >= 15 is 0 Å². The monoisotopic (exact) mass is 258 g/mol. The fourth-order valence-corrected chi connectivity index (χ4v) is 3.54. The summed E-state index contributed by atoms with van der Waals surface area (Å²) in [7, 11) is -3.35. The summed E-state index contributed by atoms with van der Waals surface area (Å²) >= 11 is 0. The molecule has 0 saturated carbocycles. The van der Waals surface area contributed by atoms with Gasteiger partial charge in [-0.3, -0.25) is 0 Å². The van der Waals surface area contributed by atoms with Crippen LogP contribution >= 0.6 is 0 Å². The zero-order chi connectivity index (χ0) is 12.7. The van der Waals surface area contributed by atoms with Crippen LogP contribution < -0.4 is 4.72 Å². The normalized spacial score (nSPS) is 20.5. The minimum atomic E-state index is -3.35. The lowest BCUT2D eigenvalue weighted by atomic mass is 10.2. The van der Waals surface area contributed by atoms with E-state index in [1.54, 1.807) is 4.31 Å². The molecule has 1 heterocycles. The Morgan fingerprint density at radius 1 is 1.29 bits per heavy atom. The second-order valence-electron chi connectivity index (χ2n) is 4.45. The van der Waals surface area contributed by atoms with Gasteiger partial charge in [-0.15, -0.1) is 12.3 Å². The molecule has 0 aliphatic carbocycles. The van der Waals surface area contributed by atoms with E-state index in [9.17, 15) is 8.42 Å². The molecule has 1 aliphatic heterocycles. The van der Waals surface area contributed by atoms with Crippen LogP contribution in [0.3, 0.4) is 0 Å². The third-order valence-corrected chi connectivity index (χ3v) is 4.75. The van der Waals surface area contributed by atoms with Crippen molar-refractivity contribution in [1.29, 1.82) is 0 Å². The zero-order valence-corrected chi connectivity index (χ0v) is 11.3. The number of hydrogen-bond donors (Lipinski definition) is 1. The number of nitrogens with one attached hydrogen (secondary N) is 1. The highest BCUT2D eigenvalue weighted by Crippen LogP contribution is 2.13. The van der Waals surface area contributed by atoms with Gasteiger partial charge in [-0.2, -0.15) is 17.4 Å². The Kier molecular flexibility index (Phi) is 5.96. The molecule has 1 unspecified atom stereocenters. The smallest absolute Gasteiger partial charge is 0.198 e. The summed E-state index contributed by atoms with van der Waals surface area (Å²) in [6.45, 7) is 3.19. The Balaban J connectivity index is 2.62. The molecule has 0 amide bonds. The summed E-state index contributed by atoms with van der Waals surface area (Å²) in [4.78, 5) is 0. The predicted octanol–water partition coefficient (Wildman–Crippen LogP) is 1.50. The predicted molar refractivity (Wildman–Crippen MR) is 69.6 cm³/mol. The van der Waals surface area contributed by atoms with E-state index in [1.807, 2.05) is 6.92 Å². The molecule has 0 aromatic rings. The summed E-state index contributed by atoms with van der Waals surface area (Å²) < 4.78 is 28.5. The van der Waals surface area contributed by atoms with Gasteiger partial charge in [0, 0.05) is 25.6 Å². The van der Waals surface area contributed by atoms with E-state index < -0.39 is 10.2 Å². The van der Waals surface area contributed by atoms with Crippen molar-refractivity contribution in [2.75, 3.05) is 13.1 Å². The van der Waals surface area contributed by atoms with Crippen molar-refractivity contribution in [3.05, 3.63) is 0 Å². The molecule has 17 heavy (non-hydrogen) atoms. The first-order valence-corrected chi connectivity index (χ1v) is 7.75. The van der Waals surface area contributed by atoms with Crippen LogP contribution in [0.1, 0.15) is 45.4 Å². The van der Waals surface area contributed by atoms with E-state index in [2.05, 4.69) is 10.6 Å². The van der Waals surface area contributed by atoms with Crippen molar-refractivity contribution in [3.8, 4) is 12.3 Å². The van der Waals surface area contributed by atoms with Crippen molar-refractivity contribution in [3.63, 3.8) is 0 Å². The van der Waals surface area contributed by atoms with Gasteiger partial charge < -0.3 is 0 Å². The maximum absolute atomic E-state index is 12.1. The van der Waals surface area contributed by atoms with Crippen LogP contribution in [-0.4, -0.2) is 31.9 Å². The Hall–Kier alpha value is -0.570. The number of terminal acetylenes is 1. The Morgan fingerprint density at radius 2 is 1.88 bits per heavy atom. The van der Waals surface area contributed by atoms with E-state index in [1.165, 1.54) is 0 Å². The summed E-state index contributed by atoms with van der Waals surface area (Å²) in [5, 5.41) is 0. The standard InChI is InChI=1S/C12H22N2O2S/c1-3-9-12(4-2)13-17(15,16)14-10-7-5-6-8-11-14/h1,12-13H,4-11H2,2H3. The minimum Gasteiger partial charge on any atom is -0.198 e. The molecule has 1 atom stereocenters. The molecule has 4 nitrogen and oxygen atoms in total. The SMILES string of the molecule is C#CCC(CC)NS(=O)(=O)N1CCCCCC1. The first-order valence-electron chi connectivity index (χ1n) is 6.31. The maximum Gasteiger partial charge on any atom is 0.279 e. The van der Waals surface area contributed by atoms with Crippen LogP contribution in [0.2, 0.25) is 0 Å². The number of nitrogens with zero attached hydrogens (tertiary/aromatic N) is 1. The summed E-state index contributed by atoms with van der Waals surface area (Å²) in [5.74, 6) is 2.51. The van der Waals surface area contributed by atoms with Gasteiger partial charge in [0.1, 0.15) is 0 Å². The molecule has 1 N–H and O–H groups in total. The van der Waals surface area contributed by atoms with Crippen molar-refractivity contribution in [2.24, 2.45) is 0 Å². The highest BCUT2D eigenvalue weighted by molar-refractivity contribution is 7.87. The molecule has 1 saturated heterocycles. The maximum atomic E-state index is 12.1. The quantitative estimate of drug-likeness (QED) is 0.760. The van der Waals surface area contributed by atoms with Crippen LogP contribution in [-0.2, 0) is 10.2 Å². The molecule has 5 heteroatoms. The summed E-state index contributed by atoms with van der Waals surface area (Å²) in [5.41, 5.74) is 0. The van der Waals surface area contributed by atoms with E-state index in [0.717, 1.165) is 32.1 Å². The lowest BCUT2D eigenvalue weighted by molar-refractivity contribution is 0.406. The molecule has 0 aromatic heterocycles. The van der Waals surface area contributed by atoms with Crippen LogP contribution in [0.15, 0.2) is 0 Å². The average molecular weight is 258 g/mol. The fraction of sp³-hybridized carbons (Fsp3) is 0.833. The Bertz CT molecular complexity index is 351. The average Bonchev–Trinajstić information content (AvgIpc) is 2.57. The van der Waals surface area contributed by atoms with Crippen LogP contribution in [0.5, 0.6) is 0 Å². The van der Waals surface area contributed by atoms with Crippen LogP contribution in [0, 0.1) is 12.3 Å². The Morgan fingerprint density at radius 3 is 2.35 bits per heavy atom. The van der Waals surface area contributed by atoms with Gasteiger partial charge in [0.25, 0.3) is 10.2 Å². The molecule has 98 valence electrons. The van der Waals surface area contributed by atoms with Crippen molar-refractivity contribution in [2.45, 2.75) is 51.5 Å². The molecule has 0 radical (unpaired) electrons. The van der Waals surface area contributed by atoms with Crippen LogP contribution in [0.4, 0.5) is 0 Å². The summed E-state index contributed by atoms with van der Waals surface area (Å²) in [6, 6.07) is -0.145. The molecular formula is C12H22N2O2S. The van der Waals surface area contributed by atoms with Gasteiger partial charge in [-0.05, 0) is 19.3 Å². The number of rotatable bonds is 5. The van der Waals surface area contributed by atoms with E-state index in [4.69, 9.17) is 6.42 Å². The molecular weight excluding hydrogens is 236 g/mol. The third-order valence-electron chi connectivity index (χ3n) is 3.08. The van der Waals surface area contributed by atoms with Gasteiger partial charge in [-0.1, -0.05) is 19.8 Å². The van der Waals surface area contributed by atoms with Gasteiger partial charge in [0.05, 0.1) is 0 Å². The van der Waals surface area contributed by atoms with E-state index in [-0.39, 0.29) is 6.04 Å². The highest BCUT2D eigenvalue weighted by Gasteiger charge is 2.24. The largest absolute Gasteiger partial charge is 0.279 e. The summed E-state index contributed by atoms with van der Waals surface area (Å²) in [6.07, 6.45) is 10.5. The van der Waals surface area contributed by atoms with Gasteiger partial charge in [0.15, 0.2) is 0 Å². The molecule has 1 rings (SSSR count). The van der Waals surface area contributed by atoms with E-state index in [0.29, 0.717) is 19.5 Å². The Labute approximate surface area is 105 Å². The lowest BCUT2D eigenvalue weighted by Crippen LogP contribution is -2.45.